The number of aromatic nitrogens is 6. The number of aromatic amines is 1. The molecular formula is C34H41F3N9NaO3. The molecule has 50 heavy (non-hydrogen) atoms. The number of H-pyrrole nitrogens is 1. The molecule has 0 spiro atoms. The average Bonchev–Trinajstić information content (AvgIpc) is 3.80. The van der Waals surface area contributed by atoms with Crippen molar-refractivity contribution in [3.8, 4) is 22.8 Å². The monoisotopic (exact) mass is 703 g/mol. The molecule has 6 rings (SSSR count). The Hall–Kier alpha value is -3.37. The maximum Gasteiger partial charge on any atom is 1.00 e. The first-order valence-electron chi connectivity index (χ1n) is 16.4. The zero-order valence-corrected chi connectivity index (χ0v) is 31.3. The van der Waals surface area contributed by atoms with Crippen molar-refractivity contribution in [2.45, 2.75) is 58.2 Å². The Morgan fingerprint density at radius 1 is 1.08 bits per heavy atom. The van der Waals surface area contributed by atoms with Gasteiger partial charge in [0.25, 0.3) is 0 Å². The summed E-state index contributed by atoms with van der Waals surface area (Å²) in [4.78, 5) is 43.5. The van der Waals surface area contributed by atoms with E-state index in [1.54, 1.807) is 25.6 Å². The van der Waals surface area contributed by atoms with E-state index in [0.717, 1.165) is 6.07 Å². The van der Waals surface area contributed by atoms with E-state index in [2.05, 4.69) is 43.6 Å². The summed E-state index contributed by atoms with van der Waals surface area (Å²) in [6.07, 6.45) is 1.63. The first-order valence-corrected chi connectivity index (χ1v) is 16.4. The van der Waals surface area contributed by atoms with E-state index in [1.807, 2.05) is 18.9 Å². The number of carbonyl (C=O) groups is 1. The number of hydrogen-bond donors (Lipinski definition) is 1. The topological polar surface area (TPSA) is 139 Å². The minimum absolute atomic E-state index is 0. The summed E-state index contributed by atoms with van der Waals surface area (Å²) in [5.74, 6) is -0.114. The van der Waals surface area contributed by atoms with Gasteiger partial charge in [-0.05, 0) is 38.3 Å². The molecule has 0 aromatic carbocycles. The van der Waals surface area contributed by atoms with E-state index < -0.39 is 17.7 Å². The van der Waals surface area contributed by atoms with Gasteiger partial charge >= 0.3 is 35.7 Å². The number of rotatable bonds is 12. The maximum atomic E-state index is 14.1. The second-order valence-corrected chi connectivity index (χ2v) is 13.9. The van der Waals surface area contributed by atoms with Crippen LogP contribution in [0.1, 0.15) is 57.2 Å². The number of halogens is 3. The number of pyridine rings is 2. The molecule has 0 unspecified atom stereocenters. The molecule has 16 heteroatoms. The van der Waals surface area contributed by atoms with Crippen LogP contribution in [0.4, 0.5) is 24.7 Å². The predicted molar refractivity (Wildman–Crippen MR) is 177 cm³/mol. The van der Waals surface area contributed by atoms with Crippen molar-refractivity contribution in [1.29, 1.82) is 0 Å². The molecule has 1 atom stereocenters. The van der Waals surface area contributed by atoms with Crippen molar-refractivity contribution in [2.75, 3.05) is 63.3 Å². The molecule has 4 aromatic rings. The van der Waals surface area contributed by atoms with Gasteiger partial charge in [0, 0.05) is 82.0 Å². The zero-order valence-electron chi connectivity index (χ0n) is 29.3. The number of hydrogen-bond acceptors (Lipinski definition) is 11. The molecule has 4 aromatic heterocycles. The summed E-state index contributed by atoms with van der Waals surface area (Å²) in [5.41, 5.74) is 1.83. The Kier molecular flexibility index (Phi) is 11.4. The van der Waals surface area contributed by atoms with Gasteiger partial charge in [0.05, 0.1) is 41.6 Å². The van der Waals surface area contributed by atoms with E-state index in [9.17, 15) is 23.1 Å². The molecule has 12 nitrogen and oxygen atoms in total. The van der Waals surface area contributed by atoms with Crippen molar-refractivity contribution < 1.29 is 57.4 Å². The third-order valence-electron chi connectivity index (χ3n) is 9.11. The summed E-state index contributed by atoms with van der Waals surface area (Å²) in [6.45, 7) is 9.75. The van der Waals surface area contributed by atoms with Crippen LogP contribution in [0, 0.1) is 5.41 Å². The number of alkyl halides is 3. The fourth-order valence-electron chi connectivity index (χ4n) is 6.61. The number of ether oxygens (including phenoxy) is 1. The largest absolute Gasteiger partial charge is 1.00 e. The molecule has 1 saturated heterocycles. The van der Waals surface area contributed by atoms with E-state index in [-0.39, 0.29) is 64.6 Å². The second kappa shape index (κ2) is 15.1. The molecule has 2 fully saturated rings. The number of nitrogens with zero attached hydrogens (tertiary/aromatic N) is 8. The number of methoxy groups -OCH3 is 1. The SMILES string of the molecule is COCC(C)(C)CN(C)c1cc(-c2cnc(C3CC3)c(C(F)(F)F)c2)nc2nc(-c3cnc(N4CCN(CCC(=O)[O-])[C@@H](C)C4)cn3)[nH]c12.[Na+]. The first-order chi connectivity index (χ1) is 23.2. The molecule has 0 amide bonds. The van der Waals surface area contributed by atoms with Gasteiger partial charge in [-0.15, -0.1) is 0 Å². The van der Waals surface area contributed by atoms with Crippen molar-refractivity contribution in [2.24, 2.45) is 5.41 Å². The van der Waals surface area contributed by atoms with Crippen LogP contribution in [0.15, 0.2) is 30.7 Å². The third kappa shape index (κ3) is 8.56. The van der Waals surface area contributed by atoms with Crippen LogP contribution in [0.3, 0.4) is 0 Å². The molecular weight excluding hydrogens is 662 g/mol. The van der Waals surface area contributed by atoms with E-state index >= 15 is 0 Å². The number of fused-ring (bicyclic) bond motifs is 1. The van der Waals surface area contributed by atoms with Crippen LogP contribution in [0.5, 0.6) is 0 Å². The van der Waals surface area contributed by atoms with E-state index in [0.29, 0.717) is 92.1 Å². The van der Waals surface area contributed by atoms with E-state index in [1.165, 1.54) is 6.20 Å². The number of nitrogens with one attached hydrogen (secondary N) is 1. The van der Waals surface area contributed by atoms with Crippen LogP contribution in [0.25, 0.3) is 33.9 Å². The van der Waals surface area contributed by atoms with Gasteiger partial charge in [-0.3, -0.25) is 9.88 Å². The molecule has 262 valence electrons. The molecule has 1 aliphatic heterocycles. The maximum absolute atomic E-state index is 14.1. The molecule has 1 aliphatic carbocycles. The molecule has 1 saturated carbocycles. The van der Waals surface area contributed by atoms with Gasteiger partial charge in [0.15, 0.2) is 11.5 Å². The Morgan fingerprint density at radius 3 is 2.46 bits per heavy atom. The van der Waals surface area contributed by atoms with Crippen LogP contribution < -0.4 is 44.5 Å². The molecule has 0 bridgehead atoms. The van der Waals surface area contributed by atoms with Crippen LogP contribution >= 0.6 is 0 Å². The summed E-state index contributed by atoms with van der Waals surface area (Å²) in [5, 5.41) is 10.9. The zero-order chi connectivity index (χ0) is 35.1. The standard InChI is InChI=1S/C34H42F3N9O3.Na/c1-20-17-46(11-10-45(20)9-8-28(47)48)27-16-38-25(15-39-27)31-42-30-26(44(4)18-33(2,3)19-49-5)13-24(41-32(30)43-31)22-12-23(34(35,36)37)29(40-14-22)21-6-7-21;/h12-16,20-21H,6-11,17-19H2,1-5H3,(H,47,48)(H,41,42,43);/q;+1/p-1/t20-;/m0./s1. The van der Waals surface area contributed by atoms with E-state index in [4.69, 9.17) is 14.7 Å². The summed E-state index contributed by atoms with van der Waals surface area (Å²) in [6, 6.07) is 3.04. The number of aliphatic carboxylic acids is 1. The summed E-state index contributed by atoms with van der Waals surface area (Å²) >= 11 is 0. The number of carbonyl (C=O) groups excluding carboxylic acids is 1. The normalized spacial score (nSPS) is 17.2. The van der Waals surface area contributed by atoms with Crippen LogP contribution in [-0.2, 0) is 15.7 Å². The van der Waals surface area contributed by atoms with Gasteiger partial charge in [-0.25, -0.2) is 19.9 Å². The average molecular weight is 704 g/mol. The molecule has 1 N–H and O–H groups in total. The van der Waals surface area contributed by atoms with Gasteiger partial charge in [0.1, 0.15) is 17.0 Å². The first kappa shape index (κ1) is 37.9. The number of carboxylic acids is 1. The van der Waals surface area contributed by atoms with Crippen LogP contribution in [0.2, 0.25) is 0 Å². The fourth-order valence-corrected chi connectivity index (χ4v) is 6.61. The Labute approximate surface area is 311 Å². The summed E-state index contributed by atoms with van der Waals surface area (Å²) < 4.78 is 47.9. The van der Waals surface area contributed by atoms with Crippen molar-refractivity contribution in [3.63, 3.8) is 0 Å². The summed E-state index contributed by atoms with van der Waals surface area (Å²) in [7, 11) is 3.56. The smallest absolute Gasteiger partial charge is 0.550 e. The van der Waals surface area contributed by atoms with Gasteiger partial charge in [0.2, 0.25) is 0 Å². The predicted octanol–water partition coefficient (Wildman–Crippen LogP) is 1.14. The fraction of sp³-hybridized carbons (Fsp3) is 0.529. The number of piperazine rings is 1. The van der Waals surface area contributed by atoms with Crippen molar-refractivity contribution >= 4 is 28.6 Å². The minimum Gasteiger partial charge on any atom is -0.550 e. The Bertz CT molecular complexity index is 1820. The van der Waals surface area contributed by atoms with Crippen molar-refractivity contribution in [1.82, 2.24) is 34.8 Å². The number of carboxylic acid groups (broad SMARTS) is 1. The van der Waals surface area contributed by atoms with Gasteiger partial charge in [-0.2, -0.15) is 13.2 Å². The molecule has 5 heterocycles. The van der Waals surface area contributed by atoms with Gasteiger partial charge < -0.3 is 29.4 Å². The second-order valence-electron chi connectivity index (χ2n) is 13.9. The van der Waals surface area contributed by atoms with Gasteiger partial charge in [-0.1, -0.05) is 13.8 Å². The third-order valence-corrected chi connectivity index (χ3v) is 9.11. The number of anilines is 2. The number of imidazole rings is 1. The van der Waals surface area contributed by atoms with Crippen molar-refractivity contribution in [3.05, 3.63) is 42.0 Å². The minimum atomic E-state index is -4.54. The molecule has 0 radical (unpaired) electrons. The quantitative estimate of drug-likeness (QED) is 0.213. The Morgan fingerprint density at radius 2 is 1.84 bits per heavy atom. The molecule has 2 aliphatic rings. The Balaban J connectivity index is 0.00000486. The van der Waals surface area contributed by atoms with Crippen LogP contribution in [-0.4, -0.2) is 100 Å².